The van der Waals surface area contributed by atoms with E-state index in [-0.39, 0.29) is 60.6 Å². The minimum atomic E-state index is -1.15. The molecule has 2 atom stereocenters. The van der Waals surface area contributed by atoms with Gasteiger partial charge in [-0.05, 0) is 37.0 Å². The Labute approximate surface area is 308 Å². The number of aldehydes is 1. The van der Waals surface area contributed by atoms with Crippen molar-refractivity contribution in [3.63, 3.8) is 0 Å². The lowest BCUT2D eigenvalue weighted by molar-refractivity contribution is -0.686. The highest BCUT2D eigenvalue weighted by molar-refractivity contribution is 6.06. The molecule has 0 radical (unpaired) electrons. The number of benzene rings is 2. The summed E-state index contributed by atoms with van der Waals surface area (Å²) in [5.74, 6) is -2.35. The van der Waals surface area contributed by atoms with Crippen LogP contribution in [0.15, 0.2) is 96.4 Å². The number of ether oxygens (including phenoxy) is 2. The fraction of sp³-hybridized carbons (Fsp3) is 0.342. The van der Waals surface area contributed by atoms with Crippen molar-refractivity contribution in [3.8, 4) is 0 Å². The van der Waals surface area contributed by atoms with E-state index >= 15 is 4.79 Å². The highest BCUT2D eigenvalue weighted by Gasteiger charge is 2.47. The molecule has 13 heteroatoms. The Bertz CT molecular complexity index is 1810. The van der Waals surface area contributed by atoms with Gasteiger partial charge in [-0.15, -0.1) is 0 Å². The van der Waals surface area contributed by atoms with Crippen LogP contribution in [0.2, 0.25) is 0 Å². The van der Waals surface area contributed by atoms with Gasteiger partial charge in [0.25, 0.3) is 23.7 Å². The van der Waals surface area contributed by atoms with Gasteiger partial charge in [0.2, 0.25) is 6.54 Å². The maximum absolute atomic E-state index is 15.0. The van der Waals surface area contributed by atoms with Crippen molar-refractivity contribution in [3.05, 3.63) is 108 Å². The summed E-state index contributed by atoms with van der Waals surface area (Å²) in [6.07, 6.45) is 5.50. The first kappa shape index (κ1) is 38.6. The Morgan fingerprint density at radius 3 is 2.31 bits per heavy atom. The Kier molecular flexibility index (Phi) is 12.6. The summed E-state index contributed by atoms with van der Waals surface area (Å²) in [7, 11) is 1.29. The van der Waals surface area contributed by atoms with Gasteiger partial charge in [0.05, 0.1) is 24.9 Å². The molecular weight excluding hydrogens is 718 g/mol. The van der Waals surface area contributed by atoms with Gasteiger partial charge in [-0.25, -0.2) is 9.79 Å². The minimum absolute atomic E-state index is 0. The SMILES string of the molecule is COC(=O)C[n+]1cccc(C(=O)N2C=C(c3ccccc3)N([C@@H](Cc3ccccc3)C(=O)N(CC=O)C3=NC(C)(C)CO3)C(=O)[C@H]2C(C)C)c1.[Br-]. The van der Waals surface area contributed by atoms with E-state index in [1.807, 2.05) is 76.2 Å². The van der Waals surface area contributed by atoms with Crippen molar-refractivity contribution < 1.29 is 55.0 Å². The fourth-order valence-corrected chi connectivity index (χ4v) is 6.05. The molecule has 1 aromatic heterocycles. The molecule has 0 fully saturated rings. The highest BCUT2D eigenvalue weighted by atomic mass is 79.9. The number of pyridine rings is 1. The predicted octanol–water partition coefficient (Wildman–Crippen LogP) is 0.262. The van der Waals surface area contributed by atoms with Crippen LogP contribution in [0, 0.1) is 5.92 Å². The molecule has 51 heavy (non-hydrogen) atoms. The number of methoxy groups -OCH3 is 1. The van der Waals surface area contributed by atoms with Gasteiger partial charge in [0, 0.05) is 18.7 Å². The summed E-state index contributed by atoms with van der Waals surface area (Å²) >= 11 is 0. The quantitative estimate of drug-likeness (QED) is 0.156. The number of aliphatic imine (C=N–C) groups is 1. The lowest BCUT2D eigenvalue weighted by Crippen LogP contribution is -3.00. The largest absolute Gasteiger partial charge is 1.00 e. The molecule has 0 bridgehead atoms. The lowest BCUT2D eigenvalue weighted by Gasteiger charge is -2.44. The summed E-state index contributed by atoms with van der Waals surface area (Å²) < 4.78 is 12.1. The summed E-state index contributed by atoms with van der Waals surface area (Å²) in [5.41, 5.74) is 1.34. The Morgan fingerprint density at radius 1 is 1.06 bits per heavy atom. The van der Waals surface area contributed by atoms with Crippen LogP contribution in [-0.4, -0.2) is 88.6 Å². The van der Waals surface area contributed by atoms with E-state index in [9.17, 15) is 19.2 Å². The van der Waals surface area contributed by atoms with Gasteiger partial charge >= 0.3 is 5.97 Å². The van der Waals surface area contributed by atoms with Crippen LogP contribution in [0.1, 0.15) is 49.2 Å². The number of nitrogens with zero attached hydrogens (tertiary/aromatic N) is 5. The molecule has 0 saturated heterocycles. The summed E-state index contributed by atoms with van der Waals surface area (Å²) in [4.78, 5) is 76.7. The number of rotatable bonds is 11. The van der Waals surface area contributed by atoms with Crippen molar-refractivity contribution in [1.82, 2.24) is 14.7 Å². The standard InChI is InChI=1S/C38H42N5O7.BrH/c1-26(2)33-36(48)43(30(21-27-13-8-6-9-14-27)35(47)41(19-20-44)37-39-38(3,4)25-50-37)31(28-15-10-7-11-16-28)23-42(33)34(46)29-17-12-18-40(22-29)24-32(45)49-5;/h6-18,20,22-23,26,30,33H,19,21,24-25H2,1-5H3;1H/q+1;/p-1/t30-,33+;/m0./s1. The molecule has 0 aliphatic carbocycles. The molecule has 2 aliphatic heterocycles. The first-order valence-electron chi connectivity index (χ1n) is 16.4. The average Bonchev–Trinajstić information content (AvgIpc) is 3.48. The molecule has 3 heterocycles. The first-order chi connectivity index (χ1) is 23.9. The lowest BCUT2D eigenvalue weighted by atomic mass is 9.93. The maximum atomic E-state index is 15.0. The summed E-state index contributed by atoms with van der Waals surface area (Å²) in [5, 5.41) is 0. The van der Waals surface area contributed by atoms with Gasteiger partial charge in [0.1, 0.15) is 30.5 Å². The highest BCUT2D eigenvalue weighted by Crippen LogP contribution is 2.34. The van der Waals surface area contributed by atoms with Crippen molar-refractivity contribution in [2.24, 2.45) is 10.9 Å². The van der Waals surface area contributed by atoms with E-state index in [2.05, 4.69) is 4.99 Å². The number of carbonyl (C=O) groups is 5. The van der Waals surface area contributed by atoms with E-state index in [4.69, 9.17) is 9.47 Å². The minimum Gasteiger partial charge on any atom is -1.00 e. The monoisotopic (exact) mass is 759 g/mol. The van der Waals surface area contributed by atoms with E-state index in [1.165, 1.54) is 32.6 Å². The Morgan fingerprint density at radius 2 is 1.73 bits per heavy atom. The number of esters is 1. The Hall–Kier alpha value is -5.17. The van der Waals surface area contributed by atoms with Crippen molar-refractivity contribution in [2.75, 3.05) is 20.3 Å². The fourth-order valence-electron chi connectivity index (χ4n) is 6.05. The molecule has 2 aliphatic rings. The van der Waals surface area contributed by atoms with Gasteiger partial charge in [-0.2, -0.15) is 4.57 Å². The number of amides is 3. The number of hydrogen-bond acceptors (Lipinski definition) is 8. The molecule has 2 aromatic carbocycles. The zero-order valence-corrected chi connectivity index (χ0v) is 30.9. The molecule has 268 valence electrons. The van der Waals surface area contributed by atoms with Gasteiger partial charge in [-0.1, -0.05) is 74.5 Å². The maximum Gasteiger partial charge on any atom is 0.372 e. The van der Waals surface area contributed by atoms with Crippen LogP contribution in [0.5, 0.6) is 0 Å². The molecule has 0 unspecified atom stereocenters. The van der Waals surface area contributed by atoms with Crippen LogP contribution >= 0.6 is 0 Å². The molecule has 12 nitrogen and oxygen atoms in total. The normalized spacial score (nSPS) is 17.1. The molecule has 5 rings (SSSR count). The zero-order valence-electron chi connectivity index (χ0n) is 29.3. The molecule has 0 saturated carbocycles. The van der Waals surface area contributed by atoms with Crippen molar-refractivity contribution >= 4 is 41.7 Å². The second-order valence-corrected chi connectivity index (χ2v) is 13.1. The number of aromatic nitrogens is 1. The first-order valence-corrected chi connectivity index (χ1v) is 16.4. The summed E-state index contributed by atoms with van der Waals surface area (Å²) in [6.45, 7) is 7.17. The summed E-state index contributed by atoms with van der Waals surface area (Å²) in [6, 6.07) is 19.5. The van der Waals surface area contributed by atoms with Gasteiger partial charge in [-0.3, -0.25) is 29.1 Å². The molecule has 3 amide bonds. The van der Waals surface area contributed by atoms with E-state index in [1.54, 1.807) is 36.7 Å². The molecule has 0 N–H and O–H groups in total. The third-order valence-electron chi connectivity index (χ3n) is 8.47. The molecule has 3 aromatic rings. The van der Waals surface area contributed by atoms with Crippen LogP contribution in [0.25, 0.3) is 5.70 Å². The number of halogens is 1. The Balaban J connectivity index is 0.00000583. The van der Waals surface area contributed by atoms with Crippen LogP contribution in [0.4, 0.5) is 0 Å². The average molecular weight is 761 g/mol. The van der Waals surface area contributed by atoms with E-state index < -0.39 is 41.3 Å². The molecular formula is C38H42BrN5O7. The third-order valence-corrected chi connectivity index (χ3v) is 8.47. The zero-order chi connectivity index (χ0) is 36.0. The molecule has 0 spiro atoms. The van der Waals surface area contributed by atoms with Gasteiger partial charge < -0.3 is 31.2 Å². The van der Waals surface area contributed by atoms with Crippen molar-refractivity contribution in [1.29, 1.82) is 0 Å². The van der Waals surface area contributed by atoms with Gasteiger partial charge in [0.15, 0.2) is 12.4 Å². The topological polar surface area (TPSA) is 130 Å². The third kappa shape index (κ3) is 8.77. The van der Waals surface area contributed by atoms with Crippen LogP contribution in [-0.2, 0) is 41.6 Å². The smallest absolute Gasteiger partial charge is 0.372 e. The van der Waals surface area contributed by atoms with Crippen LogP contribution < -0.4 is 21.5 Å². The second kappa shape index (κ2) is 16.7. The van der Waals surface area contributed by atoms with E-state index in [0.29, 0.717) is 17.5 Å². The number of carbonyl (C=O) groups excluding carboxylic acids is 5. The second-order valence-electron chi connectivity index (χ2n) is 13.1. The number of amidine groups is 1. The van der Waals surface area contributed by atoms with Crippen LogP contribution in [0.3, 0.4) is 0 Å². The van der Waals surface area contributed by atoms with E-state index in [0.717, 1.165) is 5.56 Å². The van der Waals surface area contributed by atoms with Crippen molar-refractivity contribution in [2.45, 2.75) is 58.3 Å². The predicted molar refractivity (Wildman–Crippen MR) is 184 cm³/mol. The number of hydrogen-bond donors (Lipinski definition) is 0.